The molecule has 0 radical (unpaired) electrons. The molecule has 12 atom stereocenters. The predicted octanol–water partition coefficient (Wildman–Crippen LogP) is 9.15. The number of nitrogens with one attached hydrogen (secondary N) is 4. The highest BCUT2D eigenvalue weighted by atomic mass is 32.2. The van der Waals surface area contributed by atoms with Gasteiger partial charge in [0.25, 0.3) is 0 Å². The summed E-state index contributed by atoms with van der Waals surface area (Å²) in [6, 6.07) is 3.72. The largest absolute Gasteiger partial charge is 0.449 e. The van der Waals surface area contributed by atoms with E-state index in [4.69, 9.17) is 19.7 Å². The molecular formula is C61H88F2N5O13PS. The lowest BCUT2D eigenvalue weighted by Crippen LogP contribution is -2.70. The number of anilines is 1. The van der Waals surface area contributed by atoms with Crippen LogP contribution in [0.4, 0.5) is 19.3 Å². The topological polar surface area (TPSA) is 279 Å². The number of benzene rings is 1. The number of ether oxygens (including phenoxy) is 2. The third-order valence-corrected chi connectivity index (χ3v) is 20.2. The van der Waals surface area contributed by atoms with E-state index < -0.39 is 101 Å². The number of nitrogens with two attached hydrogens (primary N) is 1. The molecular weight excluding hydrogens is 1110 g/mol. The Balaban J connectivity index is 0.887. The molecule has 0 bridgehead atoms. The van der Waals surface area contributed by atoms with Crippen LogP contribution >= 0.6 is 19.4 Å². The molecule has 6 rings (SSSR count). The Morgan fingerprint density at radius 2 is 1.63 bits per heavy atom. The van der Waals surface area contributed by atoms with Crippen molar-refractivity contribution in [2.75, 3.05) is 30.4 Å². The van der Waals surface area contributed by atoms with Crippen LogP contribution < -0.4 is 27.0 Å². The van der Waals surface area contributed by atoms with Gasteiger partial charge in [-0.15, -0.1) is 5.92 Å². The summed E-state index contributed by atoms with van der Waals surface area (Å²) in [6.45, 7) is 8.21. The van der Waals surface area contributed by atoms with Gasteiger partial charge in [0, 0.05) is 53.7 Å². The molecule has 460 valence electrons. The number of rotatable bonds is 30. The summed E-state index contributed by atoms with van der Waals surface area (Å²) in [7, 11) is -3.92. The predicted molar refractivity (Wildman–Crippen MR) is 313 cm³/mol. The van der Waals surface area contributed by atoms with Crippen LogP contribution in [-0.4, -0.2) is 117 Å². The second kappa shape index (κ2) is 30.4. The zero-order valence-corrected chi connectivity index (χ0v) is 50.6. The van der Waals surface area contributed by atoms with Crippen molar-refractivity contribution in [2.24, 2.45) is 34.3 Å². The molecule has 5 amide bonds. The van der Waals surface area contributed by atoms with Crippen molar-refractivity contribution in [3.05, 3.63) is 53.6 Å². The van der Waals surface area contributed by atoms with E-state index in [0.29, 0.717) is 42.7 Å². The number of urea groups is 1. The fourth-order valence-electron chi connectivity index (χ4n) is 13.0. The van der Waals surface area contributed by atoms with E-state index in [0.717, 1.165) is 88.5 Å². The van der Waals surface area contributed by atoms with Crippen molar-refractivity contribution in [1.29, 1.82) is 0 Å². The number of allylic oxidation sites excluding steroid dienone is 4. The monoisotopic (exact) mass is 1200 g/mol. The lowest BCUT2D eigenvalue weighted by Gasteiger charge is -2.63. The van der Waals surface area contributed by atoms with Crippen LogP contribution in [0.5, 0.6) is 0 Å². The number of ketones is 1. The van der Waals surface area contributed by atoms with E-state index in [1.165, 1.54) is 19.1 Å². The van der Waals surface area contributed by atoms with E-state index in [-0.39, 0.29) is 80.7 Å². The van der Waals surface area contributed by atoms with Crippen LogP contribution in [0.1, 0.15) is 169 Å². The number of aliphatic hydroxyl groups is 1. The summed E-state index contributed by atoms with van der Waals surface area (Å²) in [6.07, 6.45) is 11.5. The van der Waals surface area contributed by atoms with Gasteiger partial charge in [0.1, 0.15) is 31.0 Å². The lowest BCUT2D eigenvalue weighted by molar-refractivity contribution is -0.226. The molecule has 0 aliphatic heterocycles. The molecule has 22 heteroatoms. The minimum absolute atomic E-state index is 0.0169. The minimum atomic E-state index is -3.92. The lowest BCUT2D eigenvalue weighted by atomic mass is 9.44. The number of hydrogen-bond acceptors (Lipinski definition) is 13. The molecule has 0 heterocycles. The van der Waals surface area contributed by atoms with Gasteiger partial charge in [-0.1, -0.05) is 109 Å². The maximum atomic E-state index is 17.7. The second-order valence-electron chi connectivity index (χ2n) is 23.8. The highest BCUT2D eigenvalue weighted by molar-refractivity contribution is 8.13. The number of thioether (sulfide) groups is 1. The first-order chi connectivity index (χ1) is 39.4. The second-order valence-corrected chi connectivity index (χ2v) is 26.9. The highest BCUT2D eigenvalue weighted by Gasteiger charge is 2.76. The standard InChI is InChI=1S/C61H88F2N5O13PS/c1-6-52(72)81-60(31-29-45-46-36-48(62)47-35-43(69)28-30-58(47,4)61(46,63)50(70)37-59(45,60)5)56(75)83-34-19-15-10-8-7-9-14-18-33-82(77,78)80-38-41-24-26-42(27-25-41)66-54(73)49(23-20-32-65-57(64)76)67-55(74)53(40(2)3)68-51(71)39-79-44-21-16-12-11-13-17-22-44/h24-28,30,35,40,44-46,48-50,53,70H,6-16,18-21,23,29,31-34,36-39H2,1-5H3,(H,66,73)(H,67,74)(H,68,71)(H,77,78)(H3,64,65,76)/t44?,45-,46-,48-,49?,50-,53?,58-,59-,60-,61-/m0/s1. The average Bonchev–Trinajstić information content (AvgIpc) is 1.74. The van der Waals surface area contributed by atoms with Crippen LogP contribution in [0.15, 0.2) is 48.1 Å². The molecule has 8 N–H and O–H groups in total. The summed E-state index contributed by atoms with van der Waals surface area (Å²) < 4.78 is 63.9. The third kappa shape index (κ3) is 16.9. The van der Waals surface area contributed by atoms with E-state index in [9.17, 15) is 48.1 Å². The molecule has 0 saturated heterocycles. The Morgan fingerprint density at radius 3 is 2.31 bits per heavy atom. The number of hydrogen-bond donors (Lipinski definition) is 7. The molecule has 1 aromatic carbocycles. The van der Waals surface area contributed by atoms with Gasteiger partial charge in [-0.2, -0.15) is 0 Å². The van der Waals surface area contributed by atoms with Gasteiger partial charge in [-0.25, -0.2) is 13.6 Å². The maximum absolute atomic E-state index is 17.7. The smallest absolute Gasteiger partial charge is 0.328 e. The molecule has 18 nitrogen and oxygen atoms in total. The highest BCUT2D eigenvalue weighted by Crippen LogP contribution is 2.71. The zero-order valence-electron chi connectivity index (χ0n) is 48.9. The number of halogens is 2. The summed E-state index contributed by atoms with van der Waals surface area (Å²) in [5.74, 6) is 2.08. The minimum Gasteiger partial charge on any atom is -0.449 e. The molecule has 3 fully saturated rings. The fraction of sp³-hybridized carbons (Fsp3) is 0.689. The molecule has 5 aliphatic carbocycles. The van der Waals surface area contributed by atoms with Crippen LogP contribution in [0.2, 0.25) is 0 Å². The van der Waals surface area contributed by atoms with Crippen LogP contribution in [0.3, 0.4) is 0 Å². The molecule has 5 aliphatic rings. The number of carbonyl (C=O) groups is 7. The zero-order chi connectivity index (χ0) is 60.6. The molecule has 0 spiro atoms. The first-order valence-electron chi connectivity index (χ1n) is 29.8. The molecule has 4 unspecified atom stereocenters. The van der Waals surface area contributed by atoms with Gasteiger partial charge < -0.3 is 51.0 Å². The first kappa shape index (κ1) is 67.2. The SMILES string of the molecule is CCC(=O)O[C@]1(C(=O)SCCCCCCCCCCP(=O)(O)OCc2ccc(NC(=O)C(CCCNC(N)=O)NC(=O)C(NC(=O)COC3C#CCCCCC3)C(C)C)cc2)CC[C@H]2[C@@H]3C[C@H](F)C4=CC(=O)C=C[C@]4(C)[C@@]3(F)[C@@H](O)C[C@@]21C. The summed E-state index contributed by atoms with van der Waals surface area (Å²) in [4.78, 5) is 102. The van der Waals surface area contributed by atoms with Gasteiger partial charge in [-0.3, -0.25) is 33.3 Å². The summed E-state index contributed by atoms with van der Waals surface area (Å²) in [5.41, 5.74) is -0.437. The number of amides is 5. The van der Waals surface area contributed by atoms with Crippen LogP contribution in [-0.2, 0) is 53.9 Å². The summed E-state index contributed by atoms with van der Waals surface area (Å²) in [5, 5.41) is 22.2. The quantitative estimate of drug-likeness (QED) is 0.0164. The Bertz CT molecular complexity index is 2650. The molecule has 3 saturated carbocycles. The normalized spacial score (nSPS) is 28.7. The number of aliphatic hydroxyl groups excluding tert-OH is 1. The summed E-state index contributed by atoms with van der Waals surface area (Å²) >= 11 is 1.08. The van der Waals surface area contributed by atoms with Crippen molar-refractivity contribution in [3.8, 4) is 11.8 Å². The van der Waals surface area contributed by atoms with E-state index >= 15 is 8.78 Å². The molecule has 1 aromatic rings. The van der Waals surface area contributed by atoms with E-state index in [2.05, 4.69) is 33.1 Å². The van der Waals surface area contributed by atoms with Gasteiger partial charge in [-0.05, 0) is 125 Å². The Hall–Kier alpha value is -4.97. The van der Waals surface area contributed by atoms with Gasteiger partial charge in [0.15, 0.2) is 17.1 Å². The maximum Gasteiger partial charge on any atom is 0.328 e. The third-order valence-electron chi connectivity index (χ3n) is 17.7. The van der Waals surface area contributed by atoms with Crippen molar-refractivity contribution in [1.82, 2.24) is 16.0 Å². The molecule has 0 aromatic heterocycles. The Labute approximate surface area is 492 Å². The van der Waals surface area contributed by atoms with E-state index in [1.54, 1.807) is 52.0 Å². The van der Waals surface area contributed by atoms with Crippen LogP contribution in [0, 0.1) is 40.4 Å². The van der Waals surface area contributed by atoms with Crippen molar-refractivity contribution in [3.63, 3.8) is 0 Å². The number of unbranched alkanes of at least 4 members (excludes halogenated alkanes) is 7. The molecule has 83 heavy (non-hydrogen) atoms. The van der Waals surface area contributed by atoms with E-state index in [1.807, 2.05) is 0 Å². The average molecular weight is 1200 g/mol. The van der Waals surface area contributed by atoms with Crippen molar-refractivity contribution in [2.45, 2.75) is 211 Å². The number of alkyl halides is 2. The Kier molecular flexibility index (Phi) is 24.6. The fourth-order valence-corrected chi connectivity index (χ4v) is 15.2. The van der Waals surface area contributed by atoms with Gasteiger partial charge in [0.2, 0.25) is 22.8 Å². The first-order valence-corrected chi connectivity index (χ1v) is 32.6. The van der Waals surface area contributed by atoms with Crippen LogP contribution in [0.25, 0.3) is 0 Å². The number of primary amides is 1. The van der Waals surface area contributed by atoms with Crippen molar-refractivity contribution < 1.29 is 70.9 Å². The van der Waals surface area contributed by atoms with Gasteiger partial charge in [0.05, 0.1) is 12.7 Å². The number of esters is 1. The number of fused-ring (bicyclic) bond motifs is 5. The van der Waals surface area contributed by atoms with Crippen molar-refractivity contribution >= 4 is 65.7 Å². The van der Waals surface area contributed by atoms with Gasteiger partial charge >= 0.3 is 19.6 Å². The Morgan fingerprint density at radius 1 is 0.928 bits per heavy atom. The number of carbonyl (C=O) groups excluding carboxylic acids is 7.